The lowest BCUT2D eigenvalue weighted by atomic mass is 10.1. The van der Waals surface area contributed by atoms with Crippen molar-refractivity contribution in [3.8, 4) is 5.82 Å². The van der Waals surface area contributed by atoms with Gasteiger partial charge in [0.2, 0.25) is 5.95 Å². The molecule has 45 heavy (non-hydrogen) atoms. The summed E-state index contributed by atoms with van der Waals surface area (Å²) in [7, 11) is 3.44. The number of hydrogen-bond acceptors (Lipinski definition) is 9. The molecule has 0 unspecified atom stereocenters. The number of nitrogens with zero attached hydrogens (tertiary/aromatic N) is 6. The van der Waals surface area contributed by atoms with E-state index in [0.717, 1.165) is 17.7 Å². The Balaban J connectivity index is 1.45. The fourth-order valence-electron chi connectivity index (χ4n) is 4.90. The van der Waals surface area contributed by atoms with Crippen molar-refractivity contribution in [1.82, 2.24) is 30.0 Å². The van der Waals surface area contributed by atoms with Gasteiger partial charge < -0.3 is 31.5 Å². The van der Waals surface area contributed by atoms with E-state index in [1.54, 1.807) is 31.2 Å². The second-order valence-corrected chi connectivity index (χ2v) is 10.8. The van der Waals surface area contributed by atoms with Crippen LogP contribution in [0.1, 0.15) is 37.7 Å². The van der Waals surface area contributed by atoms with Crippen LogP contribution < -0.4 is 26.6 Å². The zero-order valence-electron chi connectivity index (χ0n) is 25.2. The highest BCUT2D eigenvalue weighted by atomic mass is 19.4. The number of amides is 2. The minimum absolute atomic E-state index is 0.0270. The number of anilines is 5. The third-order valence-corrected chi connectivity index (χ3v) is 7.38. The molecular weight excluding hydrogens is 589 g/mol. The van der Waals surface area contributed by atoms with Crippen LogP contribution in [0.15, 0.2) is 48.5 Å². The second-order valence-electron chi connectivity index (χ2n) is 10.8. The van der Waals surface area contributed by atoms with Crippen LogP contribution in [0.3, 0.4) is 0 Å². The molecule has 0 radical (unpaired) electrons. The first-order valence-corrected chi connectivity index (χ1v) is 14.1. The molecule has 0 spiro atoms. The summed E-state index contributed by atoms with van der Waals surface area (Å²) in [4.78, 5) is 38.0. The van der Waals surface area contributed by atoms with E-state index in [4.69, 9.17) is 5.73 Å². The maximum absolute atomic E-state index is 13.8. The highest BCUT2D eigenvalue weighted by Crippen LogP contribution is 2.34. The molecule has 5 N–H and O–H groups in total. The molecular formula is C30H33F3N10O2. The Morgan fingerprint density at radius 3 is 2.33 bits per heavy atom. The summed E-state index contributed by atoms with van der Waals surface area (Å²) < 4.78 is 42.9. The Morgan fingerprint density at radius 1 is 0.933 bits per heavy atom. The van der Waals surface area contributed by atoms with E-state index in [1.807, 2.05) is 18.9 Å². The zero-order chi connectivity index (χ0) is 32.5. The van der Waals surface area contributed by atoms with E-state index in [-0.39, 0.29) is 17.2 Å². The van der Waals surface area contributed by atoms with Crippen LogP contribution in [0.2, 0.25) is 0 Å². The molecule has 0 aliphatic carbocycles. The van der Waals surface area contributed by atoms with E-state index in [9.17, 15) is 22.8 Å². The number of carbonyl (C=O) groups excluding carboxylic acids is 2. The topological polar surface area (TPSA) is 146 Å². The first-order valence-electron chi connectivity index (χ1n) is 14.1. The van der Waals surface area contributed by atoms with Crippen molar-refractivity contribution in [2.45, 2.75) is 20.0 Å². The summed E-state index contributed by atoms with van der Waals surface area (Å²) in [5.74, 6) is -0.400. The van der Waals surface area contributed by atoms with Crippen molar-refractivity contribution < 1.29 is 22.8 Å². The molecule has 0 bridgehead atoms. The molecule has 0 saturated carbocycles. The first kappa shape index (κ1) is 31.3. The third-order valence-electron chi connectivity index (χ3n) is 7.38. The van der Waals surface area contributed by atoms with Crippen molar-refractivity contribution in [1.29, 1.82) is 0 Å². The van der Waals surface area contributed by atoms with Crippen molar-refractivity contribution in [3.05, 3.63) is 76.6 Å². The number of alkyl halides is 3. The Kier molecular flexibility index (Phi) is 8.64. The second kappa shape index (κ2) is 12.4. The number of aromatic nitrogens is 4. The third kappa shape index (κ3) is 7.15. The zero-order valence-corrected chi connectivity index (χ0v) is 25.2. The number of aryl methyl sites for hydroxylation is 2. The van der Waals surface area contributed by atoms with Crippen molar-refractivity contribution in [2.75, 3.05) is 61.5 Å². The van der Waals surface area contributed by atoms with Gasteiger partial charge in [0.05, 0.1) is 5.56 Å². The van der Waals surface area contributed by atoms with Crippen LogP contribution >= 0.6 is 0 Å². The fraction of sp³-hybridized carbons (Fsp3) is 0.300. The first-order chi connectivity index (χ1) is 21.3. The van der Waals surface area contributed by atoms with Crippen LogP contribution in [-0.2, 0) is 6.18 Å². The predicted molar refractivity (Wildman–Crippen MR) is 165 cm³/mol. The standard InChI is InChI=1S/C30H33F3N10O2/c1-17-5-6-21(37-27(44)19-12-20(30(31,32)33)14-22(13-19)42-9-7-41(4)8-10-42)15-23(17)38-26-16-24(28(45)35-3)40-43(26)25-11-18(2)36-29(34)39-25/h5-6,11-16,38H,7-10H2,1-4H3,(H,35,45)(H,37,44)(H2,34,36,39). The molecule has 2 aromatic heterocycles. The number of likely N-dealkylation sites (N-methyl/N-ethyl adjacent to an activating group) is 1. The smallest absolute Gasteiger partial charge is 0.369 e. The molecule has 236 valence electrons. The quantitative estimate of drug-likeness (QED) is 0.240. The van der Waals surface area contributed by atoms with Crippen LogP contribution in [0.25, 0.3) is 5.82 Å². The van der Waals surface area contributed by atoms with Crippen molar-refractivity contribution in [2.24, 2.45) is 0 Å². The molecule has 1 fully saturated rings. The SMILES string of the molecule is CNC(=O)c1cc(Nc2cc(NC(=O)c3cc(N4CCN(C)CC4)cc(C(F)(F)F)c3)ccc2C)n(-c2cc(C)nc(N)n2)n1. The van der Waals surface area contributed by atoms with Crippen molar-refractivity contribution >= 4 is 40.6 Å². The van der Waals surface area contributed by atoms with E-state index < -0.39 is 23.6 Å². The van der Waals surface area contributed by atoms with Gasteiger partial charge in [-0.25, -0.2) is 4.98 Å². The molecule has 5 rings (SSSR count). The average molecular weight is 623 g/mol. The van der Waals surface area contributed by atoms with Gasteiger partial charge in [-0.3, -0.25) is 9.59 Å². The number of halogens is 3. The van der Waals surface area contributed by atoms with Crippen molar-refractivity contribution in [3.63, 3.8) is 0 Å². The normalized spacial score (nSPS) is 13.9. The van der Waals surface area contributed by atoms with E-state index in [1.165, 1.54) is 23.9 Å². The summed E-state index contributed by atoms with van der Waals surface area (Å²) in [6, 6.07) is 11.6. The minimum atomic E-state index is -4.62. The van der Waals surface area contributed by atoms with E-state index >= 15 is 0 Å². The lowest BCUT2D eigenvalue weighted by Gasteiger charge is -2.34. The van der Waals surface area contributed by atoms with Crippen LogP contribution in [-0.4, -0.2) is 76.7 Å². The molecule has 3 heterocycles. The molecule has 15 heteroatoms. The predicted octanol–water partition coefficient (Wildman–Crippen LogP) is 3.99. The largest absolute Gasteiger partial charge is 0.416 e. The summed E-state index contributed by atoms with van der Waals surface area (Å²) in [5, 5.41) is 12.9. The van der Waals surface area contributed by atoms with Gasteiger partial charge in [-0.05, 0) is 56.8 Å². The molecule has 1 saturated heterocycles. The number of nitrogens with one attached hydrogen (secondary N) is 3. The van der Waals surface area contributed by atoms with Crippen LogP contribution in [0.4, 0.5) is 42.0 Å². The van der Waals surface area contributed by atoms with Gasteiger partial charge in [-0.2, -0.15) is 27.9 Å². The van der Waals surface area contributed by atoms with Crippen LogP contribution in [0.5, 0.6) is 0 Å². The van der Waals surface area contributed by atoms with Gasteiger partial charge in [0.25, 0.3) is 11.8 Å². The summed E-state index contributed by atoms with van der Waals surface area (Å²) in [6.45, 7) is 6.06. The molecule has 1 aliphatic heterocycles. The molecule has 0 atom stereocenters. The maximum atomic E-state index is 13.8. The Morgan fingerprint density at radius 2 is 1.67 bits per heavy atom. The summed E-state index contributed by atoms with van der Waals surface area (Å²) >= 11 is 0. The molecule has 2 aromatic carbocycles. The van der Waals surface area contributed by atoms with Gasteiger partial charge >= 0.3 is 6.18 Å². The fourth-order valence-corrected chi connectivity index (χ4v) is 4.90. The lowest BCUT2D eigenvalue weighted by Crippen LogP contribution is -2.44. The van der Waals surface area contributed by atoms with Gasteiger partial charge in [-0.1, -0.05) is 6.07 Å². The monoisotopic (exact) mass is 622 g/mol. The van der Waals surface area contributed by atoms with Crippen LogP contribution in [0, 0.1) is 13.8 Å². The number of carbonyl (C=O) groups is 2. The number of hydrogen-bond donors (Lipinski definition) is 4. The number of rotatable bonds is 7. The van der Waals surface area contributed by atoms with Gasteiger partial charge in [0, 0.05) is 73.7 Å². The summed E-state index contributed by atoms with van der Waals surface area (Å²) in [6.07, 6.45) is -4.62. The van der Waals surface area contributed by atoms with Gasteiger partial charge in [0.15, 0.2) is 11.5 Å². The molecule has 2 amide bonds. The molecule has 1 aliphatic rings. The van der Waals surface area contributed by atoms with Gasteiger partial charge in [0.1, 0.15) is 5.82 Å². The number of piperazine rings is 1. The maximum Gasteiger partial charge on any atom is 0.416 e. The Hall–Kier alpha value is -5.18. The Labute approximate surface area is 257 Å². The number of nitrogen functional groups attached to an aromatic ring is 1. The van der Waals surface area contributed by atoms with E-state index in [2.05, 4.69) is 35.9 Å². The highest BCUT2D eigenvalue weighted by Gasteiger charge is 2.33. The molecule has 4 aromatic rings. The lowest BCUT2D eigenvalue weighted by molar-refractivity contribution is -0.137. The summed E-state index contributed by atoms with van der Waals surface area (Å²) in [5.41, 5.74) is 7.54. The minimum Gasteiger partial charge on any atom is -0.369 e. The number of benzene rings is 2. The van der Waals surface area contributed by atoms with E-state index in [0.29, 0.717) is 60.6 Å². The highest BCUT2D eigenvalue weighted by molar-refractivity contribution is 6.05. The average Bonchev–Trinajstić information content (AvgIpc) is 3.41. The van der Waals surface area contributed by atoms with Gasteiger partial charge in [-0.15, -0.1) is 0 Å². The number of nitrogens with two attached hydrogens (primary N) is 1. The Bertz CT molecular complexity index is 1730. The molecule has 12 nitrogen and oxygen atoms in total.